The largest absolute Gasteiger partial charge is 0.445 e. The Balaban J connectivity index is 1.09. The number of alkyl carbamates (subject to hydrolysis) is 1. The molecule has 1 aromatic heterocycles. The van der Waals surface area contributed by atoms with Crippen LogP contribution in [0.25, 0.3) is 11.4 Å². The molecule has 380 valence electrons. The lowest BCUT2D eigenvalue weighted by atomic mass is 9.84. The fourth-order valence-electron chi connectivity index (χ4n) is 7.88. The van der Waals surface area contributed by atoms with Gasteiger partial charge in [-0.2, -0.15) is 5.10 Å². The summed E-state index contributed by atoms with van der Waals surface area (Å²) in [6.45, 7) is 13.5. The van der Waals surface area contributed by atoms with Crippen molar-refractivity contribution in [2.75, 3.05) is 31.5 Å². The van der Waals surface area contributed by atoms with Crippen LogP contribution in [0.2, 0.25) is 0 Å². The first kappa shape index (κ1) is 54.6. The molecule has 3 aromatic carbocycles. The molecule has 4 aromatic rings. The van der Waals surface area contributed by atoms with Gasteiger partial charge in [0.2, 0.25) is 23.6 Å². The maximum Gasteiger partial charge on any atom is 0.407 e. The molecule has 17 nitrogen and oxygen atoms in total. The van der Waals surface area contributed by atoms with E-state index >= 15 is 4.39 Å². The summed E-state index contributed by atoms with van der Waals surface area (Å²) in [7, 11) is 0. The highest BCUT2D eigenvalue weighted by Gasteiger charge is 2.39. The molecule has 1 aliphatic heterocycles. The number of amides is 7. The van der Waals surface area contributed by atoms with Crippen LogP contribution >= 0.6 is 0 Å². The average molecular weight is 982 g/mol. The van der Waals surface area contributed by atoms with Crippen molar-refractivity contribution in [3.8, 4) is 11.4 Å². The second kappa shape index (κ2) is 25.5. The minimum absolute atomic E-state index is 0.0150. The Kier molecular flexibility index (Phi) is 19.6. The molecule has 2 heterocycles. The van der Waals surface area contributed by atoms with Crippen molar-refractivity contribution in [2.45, 2.75) is 106 Å². The summed E-state index contributed by atoms with van der Waals surface area (Å²) < 4.78 is 36.5. The van der Waals surface area contributed by atoms with E-state index in [0.29, 0.717) is 42.8 Å². The molecule has 2 atom stereocenters. The molecular weight excluding hydrogens is 917 g/mol. The summed E-state index contributed by atoms with van der Waals surface area (Å²) in [6.07, 6.45) is 3.93. The SMILES string of the molecule is CC(C)C(=O)N(CCCNC(=O)OCc1ccc(NC(=O)CNC(=O)C(NC(=O)CCCCCN2C(=O)C=CC2=O)C(C)C)cc1)C(c1nc(-c2cc(F)ccc2F)nn1Cc1ccccc1)C(C)(C)C. The number of nitrogens with one attached hydrogen (secondary N) is 4. The van der Waals surface area contributed by atoms with Crippen molar-refractivity contribution >= 4 is 47.2 Å². The van der Waals surface area contributed by atoms with Gasteiger partial charge in [-0.15, -0.1) is 0 Å². The molecule has 7 amide bonds. The summed E-state index contributed by atoms with van der Waals surface area (Å²) in [5, 5.41) is 15.4. The van der Waals surface area contributed by atoms with Gasteiger partial charge in [-0.25, -0.2) is 23.2 Å². The molecule has 0 radical (unpaired) electrons. The second-order valence-corrected chi connectivity index (χ2v) is 19.1. The Morgan fingerprint density at radius 2 is 1.49 bits per heavy atom. The van der Waals surface area contributed by atoms with Crippen LogP contribution in [0.15, 0.2) is 84.9 Å². The van der Waals surface area contributed by atoms with Gasteiger partial charge >= 0.3 is 6.09 Å². The zero-order chi connectivity index (χ0) is 51.8. The number of nitrogens with zero attached hydrogens (tertiary/aromatic N) is 5. The molecule has 0 saturated heterocycles. The summed E-state index contributed by atoms with van der Waals surface area (Å²) in [4.78, 5) is 96.2. The highest BCUT2D eigenvalue weighted by Crippen LogP contribution is 2.39. The predicted molar refractivity (Wildman–Crippen MR) is 262 cm³/mol. The van der Waals surface area contributed by atoms with Crippen LogP contribution in [0.1, 0.15) is 104 Å². The van der Waals surface area contributed by atoms with Gasteiger partial charge in [0.15, 0.2) is 11.6 Å². The van der Waals surface area contributed by atoms with Crippen LogP contribution < -0.4 is 21.3 Å². The maximum absolute atomic E-state index is 15.1. The van der Waals surface area contributed by atoms with E-state index in [9.17, 15) is 38.0 Å². The minimum Gasteiger partial charge on any atom is -0.445 e. The predicted octanol–water partition coefficient (Wildman–Crippen LogP) is 6.84. The number of rotatable bonds is 24. The van der Waals surface area contributed by atoms with Gasteiger partial charge in [0, 0.05) is 49.8 Å². The lowest BCUT2D eigenvalue weighted by Gasteiger charge is -2.40. The maximum atomic E-state index is 15.1. The number of hydrogen-bond donors (Lipinski definition) is 4. The van der Waals surface area contributed by atoms with Gasteiger partial charge in [0.1, 0.15) is 24.3 Å². The third-order valence-corrected chi connectivity index (χ3v) is 11.5. The number of hydrogen-bond acceptors (Lipinski definition) is 10. The average Bonchev–Trinajstić information content (AvgIpc) is 3.88. The Morgan fingerprint density at radius 1 is 0.803 bits per heavy atom. The molecule has 0 fully saturated rings. The first-order chi connectivity index (χ1) is 33.7. The lowest BCUT2D eigenvalue weighted by molar-refractivity contribution is -0.140. The topological polar surface area (TPSA) is 214 Å². The van der Waals surface area contributed by atoms with E-state index in [2.05, 4.69) is 26.4 Å². The first-order valence-electron chi connectivity index (χ1n) is 23.9. The lowest BCUT2D eigenvalue weighted by Crippen LogP contribution is -2.51. The smallest absolute Gasteiger partial charge is 0.407 e. The van der Waals surface area contributed by atoms with Crippen molar-refractivity contribution in [1.29, 1.82) is 0 Å². The summed E-state index contributed by atoms with van der Waals surface area (Å²) in [5.74, 6) is -3.82. The van der Waals surface area contributed by atoms with E-state index in [4.69, 9.17) is 9.72 Å². The van der Waals surface area contributed by atoms with Crippen molar-refractivity contribution in [2.24, 2.45) is 17.3 Å². The fraction of sp³-hybridized carbons (Fsp3) is 0.442. The molecule has 71 heavy (non-hydrogen) atoms. The van der Waals surface area contributed by atoms with Crippen LogP contribution in [0.5, 0.6) is 0 Å². The van der Waals surface area contributed by atoms with Crippen molar-refractivity contribution < 1.29 is 47.1 Å². The van der Waals surface area contributed by atoms with Crippen LogP contribution in [-0.2, 0) is 46.7 Å². The molecule has 1 aliphatic rings. The summed E-state index contributed by atoms with van der Waals surface area (Å²) in [5.41, 5.74) is 1.23. The molecule has 0 bridgehead atoms. The first-order valence-corrected chi connectivity index (χ1v) is 23.9. The molecule has 4 N–H and O–H groups in total. The number of carbonyl (C=O) groups is 7. The number of unbranched alkanes of at least 4 members (excludes halogenated alkanes) is 2. The standard InChI is InChI=1S/C52H65F2N9O8/c1-33(2)45(58-41(64)17-12-9-13-27-61-43(66)24-25-44(61)67)49(68)56-30-42(65)57-38-21-18-36(19-22-38)32-71-51(70)55-26-14-28-62(50(69)34(3)4)46(52(5,6)7)48-59-47(39-29-37(53)20-23-40(39)54)60-63(48)31-35-15-10-8-11-16-35/h8,10-11,15-16,18-25,29,33-34,45-46H,9,12-14,17,26-28,30-32H2,1-7H3,(H,55,70)(H,56,68)(H,57,65)(H,58,64). The molecular formula is C52H65F2N9O8. The van der Waals surface area contributed by atoms with E-state index < -0.39 is 53.0 Å². The number of carbonyl (C=O) groups excluding carboxylic acids is 7. The van der Waals surface area contributed by atoms with Crippen molar-refractivity contribution in [1.82, 2.24) is 40.5 Å². The summed E-state index contributed by atoms with van der Waals surface area (Å²) >= 11 is 0. The van der Waals surface area contributed by atoms with Crippen molar-refractivity contribution in [3.05, 3.63) is 114 Å². The second-order valence-electron chi connectivity index (χ2n) is 19.1. The fourth-order valence-corrected chi connectivity index (χ4v) is 7.88. The Labute approximate surface area is 413 Å². The number of halogens is 2. The number of imide groups is 1. The number of anilines is 1. The van der Waals surface area contributed by atoms with Crippen LogP contribution in [0, 0.1) is 28.9 Å². The van der Waals surface area contributed by atoms with Crippen LogP contribution in [0.3, 0.4) is 0 Å². The van der Waals surface area contributed by atoms with Gasteiger partial charge in [0.05, 0.1) is 24.7 Å². The molecule has 0 saturated carbocycles. The molecule has 0 aliphatic carbocycles. The number of aromatic nitrogens is 3. The molecule has 0 spiro atoms. The van der Waals surface area contributed by atoms with E-state index in [1.165, 1.54) is 12.2 Å². The highest BCUT2D eigenvalue weighted by atomic mass is 19.1. The summed E-state index contributed by atoms with van der Waals surface area (Å²) in [6, 6.07) is 17.6. The zero-order valence-corrected chi connectivity index (χ0v) is 41.4. The van der Waals surface area contributed by atoms with Gasteiger partial charge in [-0.1, -0.05) is 97.4 Å². The molecule has 2 unspecified atom stereocenters. The van der Waals surface area contributed by atoms with Crippen LogP contribution in [-0.4, -0.2) is 98.3 Å². The van der Waals surface area contributed by atoms with Gasteiger partial charge in [0.25, 0.3) is 11.8 Å². The molecule has 19 heteroatoms. The van der Waals surface area contributed by atoms with Gasteiger partial charge in [-0.05, 0) is 72.1 Å². The van der Waals surface area contributed by atoms with Gasteiger partial charge < -0.3 is 30.9 Å². The van der Waals surface area contributed by atoms with E-state index in [-0.39, 0.29) is 86.7 Å². The highest BCUT2D eigenvalue weighted by molar-refractivity contribution is 6.12. The monoisotopic (exact) mass is 981 g/mol. The van der Waals surface area contributed by atoms with E-state index in [1.54, 1.807) is 61.5 Å². The van der Waals surface area contributed by atoms with E-state index in [1.807, 2.05) is 51.1 Å². The zero-order valence-electron chi connectivity index (χ0n) is 41.4. The Hall–Kier alpha value is -7.31. The number of benzene rings is 3. The molecule has 5 rings (SSSR count). The minimum atomic E-state index is -0.870. The third-order valence-electron chi connectivity index (χ3n) is 11.5. The van der Waals surface area contributed by atoms with Crippen molar-refractivity contribution in [3.63, 3.8) is 0 Å². The van der Waals surface area contributed by atoms with E-state index in [0.717, 1.165) is 28.7 Å². The Bertz CT molecular complexity index is 2520. The van der Waals surface area contributed by atoms with Gasteiger partial charge in [-0.3, -0.25) is 33.7 Å². The normalized spacial score (nSPS) is 13.3. The quantitative estimate of drug-likeness (QED) is 0.0424. The van der Waals surface area contributed by atoms with Crippen LogP contribution in [0.4, 0.5) is 19.3 Å². The number of ether oxygens (including phenoxy) is 1. The third kappa shape index (κ3) is 16.1. The Morgan fingerprint density at radius 3 is 2.14 bits per heavy atom.